The number of rotatable bonds is 5. The van der Waals surface area contributed by atoms with E-state index in [0.29, 0.717) is 38.3 Å². The zero-order valence-electron chi connectivity index (χ0n) is 15.8. The first-order valence-corrected chi connectivity index (χ1v) is 10.6. The van der Waals surface area contributed by atoms with Crippen LogP contribution in [0.2, 0.25) is 10.0 Å². The number of nitrogens with zero attached hydrogens (tertiary/aromatic N) is 2. The van der Waals surface area contributed by atoms with Crippen LogP contribution in [0.25, 0.3) is 5.65 Å². The van der Waals surface area contributed by atoms with Crippen LogP contribution in [0.1, 0.15) is 21.6 Å². The van der Waals surface area contributed by atoms with Crippen LogP contribution in [0.3, 0.4) is 0 Å². The first-order valence-electron chi connectivity index (χ1n) is 9.05. The Morgan fingerprint density at radius 1 is 1.13 bits per heavy atom. The van der Waals surface area contributed by atoms with E-state index in [1.165, 1.54) is 0 Å². The Bertz CT molecular complexity index is 1240. The number of ether oxygens (including phenoxy) is 1. The highest BCUT2D eigenvalue weighted by molar-refractivity contribution is 9.10. The zero-order valence-corrected chi connectivity index (χ0v) is 18.9. The lowest BCUT2D eigenvalue weighted by atomic mass is 10.1. The molecule has 0 aliphatic rings. The zero-order chi connectivity index (χ0) is 21.3. The fourth-order valence-corrected chi connectivity index (χ4v) is 3.90. The Morgan fingerprint density at radius 2 is 1.90 bits per heavy atom. The number of halogens is 3. The molecular formula is C22H16BrCl2N3O2. The van der Waals surface area contributed by atoms with Gasteiger partial charge in [0.25, 0.3) is 5.91 Å². The van der Waals surface area contributed by atoms with Crippen molar-refractivity contribution < 1.29 is 9.53 Å². The molecule has 5 nitrogen and oxygen atoms in total. The topological polar surface area (TPSA) is 55.6 Å². The number of fused-ring (bicyclic) bond motifs is 1. The molecule has 4 rings (SSSR count). The molecule has 4 aromatic rings. The molecule has 0 bridgehead atoms. The maximum Gasteiger partial charge on any atom is 0.255 e. The lowest BCUT2D eigenvalue weighted by Crippen LogP contribution is -2.12. The number of aromatic nitrogens is 2. The highest BCUT2D eigenvalue weighted by Gasteiger charge is 2.16. The maximum atomic E-state index is 12.5. The van der Waals surface area contributed by atoms with Crippen LogP contribution in [-0.2, 0) is 6.61 Å². The molecule has 1 amide bonds. The van der Waals surface area contributed by atoms with Crippen molar-refractivity contribution in [2.24, 2.45) is 0 Å². The summed E-state index contributed by atoms with van der Waals surface area (Å²) >= 11 is 16.4. The molecule has 0 atom stereocenters. The predicted octanol–water partition coefficient (Wildman–Crippen LogP) is 6.54. The van der Waals surface area contributed by atoms with Gasteiger partial charge in [0.15, 0.2) is 11.4 Å². The first kappa shape index (κ1) is 20.7. The lowest BCUT2D eigenvalue weighted by molar-refractivity contribution is 0.102. The van der Waals surface area contributed by atoms with Crippen molar-refractivity contribution in [1.82, 2.24) is 9.38 Å². The molecule has 152 valence electrons. The minimum atomic E-state index is -0.255. The molecule has 0 saturated heterocycles. The molecule has 2 aromatic heterocycles. The molecule has 0 radical (unpaired) electrons. The number of carbonyl (C=O) groups excluding carboxylic acids is 1. The number of hydrogen-bond acceptors (Lipinski definition) is 3. The summed E-state index contributed by atoms with van der Waals surface area (Å²) in [6.45, 7) is 2.03. The van der Waals surface area contributed by atoms with Crippen LogP contribution in [0.15, 0.2) is 65.4 Å². The number of aryl methyl sites for hydroxylation is 1. The quantitative estimate of drug-likeness (QED) is 0.335. The summed E-state index contributed by atoms with van der Waals surface area (Å²) in [7, 11) is 0. The molecular weight excluding hydrogens is 489 g/mol. The summed E-state index contributed by atoms with van der Waals surface area (Å²) < 4.78 is 8.75. The fraction of sp³-hybridized carbons (Fsp3) is 0.0909. The summed E-state index contributed by atoms with van der Waals surface area (Å²) in [5, 5.41) is 3.61. The smallest absolute Gasteiger partial charge is 0.255 e. The van der Waals surface area contributed by atoms with Crippen molar-refractivity contribution in [2.75, 3.05) is 5.32 Å². The average molecular weight is 505 g/mol. The Morgan fingerprint density at radius 3 is 2.67 bits per heavy atom. The number of benzene rings is 2. The van der Waals surface area contributed by atoms with Crippen molar-refractivity contribution in [1.29, 1.82) is 0 Å². The second-order valence-electron chi connectivity index (χ2n) is 6.55. The number of amides is 1. The maximum absolute atomic E-state index is 12.5. The molecule has 8 heteroatoms. The Kier molecular flexibility index (Phi) is 5.99. The van der Waals surface area contributed by atoms with Crippen molar-refractivity contribution >= 4 is 56.4 Å². The van der Waals surface area contributed by atoms with E-state index >= 15 is 0 Å². The summed E-state index contributed by atoms with van der Waals surface area (Å²) in [6, 6.07) is 16.0. The molecule has 0 saturated carbocycles. The summed E-state index contributed by atoms with van der Waals surface area (Å²) in [6.07, 6.45) is 1.89. The standard InChI is InChI=1S/C22H16BrCl2N3O2/c1-13-20(23)28-11-5-8-18(21(28)26-13)30-12-15-16(24)9-10-17(19(15)25)27-22(29)14-6-3-2-4-7-14/h2-11H,12H2,1H3,(H,27,29). The predicted molar refractivity (Wildman–Crippen MR) is 123 cm³/mol. The molecule has 30 heavy (non-hydrogen) atoms. The van der Waals surface area contributed by atoms with Gasteiger partial charge in [-0.25, -0.2) is 4.98 Å². The van der Waals surface area contributed by atoms with Crippen LogP contribution in [0.4, 0.5) is 5.69 Å². The highest BCUT2D eigenvalue weighted by Crippen LogP contribution is 2.34. The van der Waals surface area contributed by atoms with E-state index in [4.69, 9.17) is 27.9 Å². The molecule has 1 N–H and O–H groups in total. The van der Waals surface area contributed by atoms with Gasteiger partial charge in [0.1, 0.15) is 11.2 Å². The summed E-state index contributed by atoms with van der Waals surface area (Å²) in [5.74, 6) is 0.339. The highest BCUT2D eigenvalue weighted by atomic mass is 79.9. The van der Waals surface area contributed by atoms with Gasteiger partial charge < -0.3 is 10.1 Å². The number of anilines is 1. The van der Waals surface area contributed by atoms with Gasteiger partial charge in [0.05, 0.1) is 16.4 Å². The van der Waals surface area contributed by atoms with E-state index < -0.39 is 0 Å². The normalized spacial score (nSPS) is 10.9. The van der Waals surface area contributed by atoms with Crippen molar-refractivity contribution in [2.45, 2.75) is 13.5 Å². The van der Waals surface area contributed by atoms with Gasteiger partial charge in [0.2, 0.25) is 0 Å². The van der Waals surface area contributed by atoms with Crippen LogP contribution in [0, 0.1) is 6.92 Å². The second kappa shape index (κ2) is 8.68. The summed E-state index contributed by atoms with van der Waals surface area (Å²) in [4.78, 5) is 17.0. The van der Waals surface area contributed by atoms with Crippen LogP contribution in [0.5, 0.6) is 5.75 Å². The van der Waals surface area contributed by atoms with E-state index in [9.17, 15) is 4.79 Å². The molecule has 0 aliphatic carbocycles. The molecule has 2 aromatic carbocycles. The molecule has 0 fully saturated rings. The van der Waals surface area contributed by atoms with Gasteiger partial charge in [-0.2, -0.15) is 0 Å². The third-order valence-corrected chi connectivity index (χ3v) is 6.30. The fourth-order valence-electron chi connectivity index (χ4n) is 3.00. The van der Waals surface area contributed by atoms with Crippen LogP contribution < -0.4 is 10.1 Å². The molecule has 0 aliphatic heterocycles. The number of hydrogen-bond donors (Lipinski definition) is 1. The number of nitrogens with one attached hydrogen (secondary N) is 1. The monoisotopic (exact) mass is 503 g/mol. The SMILES string of the molecule is Cc1nc2c(OCc3c(Cl)ccc(NC(=O)c4ccccc4)c3Cl)cccn2c1Br. The van der Waals surface area contributed by atoms with Crippen LogP contribution >= 0.6 is 39.1 Å². The van der Waals surface area contributed by atoms with Gasteiger partial charge in [0, 0.05) is 22.3 Å². The van der Waals surface area contributed by atoms with E-state index in [0.717, 1.165) is 10.3 Å². The molecule has 0 unspecified atom stereocenters. The van der Waals surface area contributed by atoms with Crippen LogP contribution in [-0.4, -0.2) is 15.3 Å². The molecule has 0 spiro atoms. The third-order valence-electron chi connectivity index (χ3n) is 4.56. The van der Waals surface area contributed by atoms with E-state index in [1.807, 2.05) is 35.7 Å². The number of imidazole rings is 1. The largest absolute Gasteiger partial charge is 0.485 e. The second-order valence-corrected chi connectivity index (χ2v) is 8.09. The van der Waals surface area contributed by atoms with Gasteiger partial charge >= 0.3 is 0 Å². The Labute approximate surface area is 191 Å². The van der Waals surface area contributed by atoms with Gasteiger partial charge in [-0.1, -0.05) is 41.4 Å². The Hall–Kier alpha value is -2.54. The third kappa shape index (κ3) is 4.03. The van der Waals surface area contributed by atoms with E-state index in [1.54, 1.807) is 36.4 Å². The first-order chi connectivity index (χ1) is 14.5. The lowest BCUT2D eigenvalue weighted by Gasteiger charge is -2.14. The molecule has 2 heterocycles. The van der Waals surface area contributed by atoms with E-state index in [2.05, 4.69) is 26.2 Å². The van der Waals surface area contributed by atoms with Gasteiger partial charge in [-0.15, -0.1) is 0 Å². The van der Waals surface area contributed by atoms with Crippen molar-refractivity contribution in [3.63, 3.8) is 0 Å². The van der Waals surface area contributed by atoms with Crippen molar-refractivity contribution in [3.05, 3.63) is 92.3 Å². The summed E-state index contributed by atoms with van der Waals surface area (Å²) in [5.41, 5.74) is 3.11. The minimum Gasteiger partial charge on any atom is -0.485 e. The number of carbonyl (C=O) groups is 1. The van der Waals surface area contributed by atoms with Crippen molar-refractivity contribution in [3.8, 4) is 5.75 Å². The number of pyridine rings is 1. The average Bonchev–Trinajstić information content (AvgIpc) is 3.05. The van der Waals surface area contributed by atoms with Gasteiger partial charge in [-0.3, -0.25) is 9.20 Å². The van der Waals surface area contributed by atoms with Gasteiger partial charge in [-0.05, 0) is 59.3 Å². The minimum absolute atomic E-state index is 0.121. The Balaban J connectivity index is 1.59. The van der Waals surface area contributed by atoms with E-state index in [-0.39, 0.29) is 12.5 Å².